The number of rotatable bonds is 4. The van der Waals surface area contributed by atoms with Gasteiger partial charge < -0.3 is 11.1 Å². The van der Waals surface area contributed by atoms with E-state index in [1.807, 2.05) is 36.4 Å². The second-order valence-electron chi connectivity index (χ2n) is 5.28. The predicted molar refractivity (Wildman–Crippen MR) is 94.8 cm³/mol. The van der Waals surface area contributed by atoms with Gasteiger partial charge in [-0.15, -0.1) is 0 Å². The quantitative estimate of drug-likeness (QED) is 0.770. The van der Waals surface area contributed by atoms with Crippen LogP contribution in [-0.2, 0) is 0 Å². The van der Waals surface area contributed by atoms with Crippen LogP contribution in [0.1, 0.15) is 20.7 Å². The topological polar surface area (TPSA) is 72.2 Å². The van der Waals surface area contributed by atoms with Crippen LogP contribution in [0.3, 0.4) is 0 Å². The van der Waals surface area contributed by atoms with Crippen molar-refractivity contribution in [3.05, 3.63) is 90.0 Å². The standard InChI is InChI=1S/C20H16N2O2/c21-19(23)16-12-7-13-17(18(16)14-8-3-1-4-9-14)22-20(24)15-10-5-2-6-11-15/h1-13H,(H2,21,23)(H,22,24). The highest BCUT2D eigenvalue weighted by Crippen LogP contribution is 2.31. The van der Waals surface area contributed by atoms with Crippen LogP contribution in [0.15, 0.2) is 78.9 Å². The molecule has 2 amide bonds. The zero-order valence-electron chi connectivity index (χ0n) is 12.9. The molecule has 0 radical (unpaired) electrons. The van der Waals surface area contributed by atoms with E-state index in [0.29, 0.717) is 22.4 Å². The molecule has 118 valence electrons. The first-order valence-corrected chi connectivity index (χ1v) is 7.51. The minimum absolute atomic E-state index is 0.241. The van der Waals surface area contributed by atoms with Crippen molar-refractivity contribution in [3.63, 3.8) is 0 Å². The van der Waals surface area contributed by atoms with Crippen molar-refractivity contribution in [2.24, 2.45) is 5.73 Å². The molecule has 4 nitrogen and oxygen atoms in total. The molecule has 0 aliphatic rings. The monoisotopic (exact) mass is 316 g/mol. The fourth-order valence-electron chi connectivity index (χ4n) is 2.56. The second-order valence-corrected chi connectivity index (χ2v) is 5.28. The molecule has 3 aromatic rings. The molecule has 24 heavy (non-hydrogen) atoms. The van der Waals surface area contributed by atoms with Gasteiger partial charge in [-0.2, -0.15) is 0 Å². The summed E-state index contributed by atoms with van der Waals surface area (Å²) in [7, 11) is 0. The van der Waals surface area contributed by atoms with Crippen molar-refractivity contribution in [1.29, 1.82) is 0 Å². The Labute approximate surface area is 139 Å². The van der Waals surface area contributed by atoms with Crippen LogP contribution in [0.5, 0.6) is 0 Å². The Morgan fingerprint density at radius 2 is 1.38 bits per heavy atom. The van der Waals surface area contributed by atoms with Crippen LogP contribution >= 0.6 is 0 Å². The summed E-state index contributed by atoms with van der Waals surface area (Å²) in [4.78, 5) is 24.3. The van der Waals surface area contributed by atoms with Gasteiger partial charge in [-0.25, -0.2) is 0 Å². The molecule has 0 atom stereocenters. The van der Waals surface area contributed by atoms with Gasteiger partial charge in [-0.1, -0.05) is 54.6 Å². The zero-order valence-corrected chi connectivity index (χ0v) is 12.9. The lowest BCUT2D eigenvalue weighted by Crippen LogP contribution is -2.16. The van der Waals surface area contributed by atoms with Crippen LogP contribution in [-0.4, -0.2) is 11.8 Å². The van der Waals surface area contributed by atoms with Gasteiger partial charge in [0.1, 0.15) is 0 Å². The first-order chi connectivity index (χ1) is 11.7. The summed E-state index contributed by atoms with van der Waals surface area (Å²) in [6.45, 7) is 0. The SMILES string of the molecule is NC(=O)c1cccc(NC(=O)c2ccccc2)c1-c1ccccc1. The van der Waals surface area contributed by atoms with Gasteiger partial charge in [0.25, 0.3) is 5.91 Å². The highest BCUT2D eigenvalue weighted by Gasteiger charge is 2.16. The minimum atomic E-state index is -0.537. The van der Waals surface area contributed by atoms with E-state index in [9.17, 15) is 9.59 Å². The van der Waals surface area contributed by atoms with E-state index >= 15 is 0 Å². The number of hydrogen-bond donors (Lipinski definition) is 2. The van der Waals surface area contributed by atoms with Crippen molar-refractivity contribution in [2.75, 3.05) is 5.32 Å². The summed E-state index contributed by atoms with van der Waals surface area (Å²) in [5.74, 6) is -0.779. The molecule has 0 aliphatic heterocycles. The lowest BCUT2D eigenvalue weighted by atomic mass is 9.97. The third-order valence-corrected chi connectivity index (χ3v) is 3.68. The Morgan fingerprint density at radius 3 is 2.00 bits per heavy atom. The maximum atomic E-state index is 12.5. The summed E-state index contributed by atoms with van der Waals surface area (Å²) in [5, 5.41) is 2.87. The highest BCUT2D eigenvalue weighted by atomic mass is 16.2. The number of primary amides is 1. The van der Waals surface area contributed by atoms with E-state index in [1.54, 1.807) is 42.5 Å². The van der Waals surface area contributed by atoms with E-state index < -0.39 is 5.91 Å². The van der Waals surface area contributed by atoms with Crippen LogP contribution < -0.4 is 11.1 Å². The minimum Gasteiger partial charge on any atom is -0.366 e. The number of amides is 2. The number of carbonyl (C=O) groups is 2. The Balaban J connectivity index is 2.06. The van der Waals surface area contributed by atoms with Crippen molar-refractivity contribution in [1.82, 2.24) is 0 Å². The summed E-state index contributed by atoms with van der Waals surface area (Å²) >= 11 is 0. The van der Waals surface area contributed by atoms with Gasteiger partial charge >= 0.3 is 0 Å². The first kappa shape index (κ1) is 15.5. The largest absolute Gasteiger partial charge is 0.366 e. The van der Waals surface area contributed by atoms with Crippen molar-refractivity contribution in [3.8, 4) is 11.1 Å². The van der Waals surface area contributed by atoms with Crippen LogP contribution in [0.25, 0.3) is 11.1 Å². The molecule has 0 spiro atoms. The van der Waals surface area contributed by atoms with Crippen molar-refractivity contribution in [2.45, 2.75) is 0 Å². The molecule has 0 saturated carbocycles. The molecule has 0 bridgehead atoms. The van der Waals surface area contributed by atoms with Crippen LogP contribution in [0, 0.1) is 0 Å². The number of benzene rings is 3. The van der Waals surface area contributed by atoms with Crippen LogP contribution in [0.2, 0.25) is 0 Å². The third-order valence-electron chi connectivity index (χ3n) is 3.68. The lowest BCUT2D eigenvalue weighted by molar-refractivity contribution is 0.0997. The number of carbonyl (C=O) groups excluding carboxylic acids is 2. The van der Waals surface area contributed by atoms with Gasteiger partial charge in [-0.05, 0) is 29.8 Å². The summed E-state index contributed by atoms with van der Waals surface area (Å²) in [6.07, 6.45) is 0. The van der Waals surface area contributed by atoms with Crippen molar-refractivity contribution >= 4 is 17.5 Å². The van der Waals surface area contributed by atoms with E-state index in [0.717, 1.165) is 5.56 Å². The smallest absolute Gasteiger partial charge is 0.255 e. The molecule has 0 heterocycles. The van der Waals surface area contributed by atoms with E-state index in [4.69, 9.17) is 5.73 Å². The Hall–Kier alpha value is -3.40. The number of anilines is 1. The summed E-state index contributed by atoms with van der Waals surface area (Å²) in [5.41, 5.74) is 8.40. The predicted octanol–water partition coefficient (Wildman–Crippen LogP) is 3.70. The van der Waals surface area contributed by atoms with Gasteiger partial charge in [-0.3, -0.25) is 9.59 Å². The average molecular weight is 316 g/mol. The molecular formula is C20H16N2O2. The van der Waals surface area contributed by atoms with E-state index in [1.165, 1.54) is 0 Å². The molecule has 4 heteroatoms. The van der Waals surface area contributed by atoms with Crippen LogP contribution in [0.4, 0.5) is 5.69 Å². The van der Waals surface area contributed by atoms with Gasteiger partial charge in [0, 0.05) is 22.4 Å². The number of hydrogen-bond acceptors (Lipinski definition) is 2. The molecule has 0 unspecified atom stereocenters. The van der Waals surface area contributed by atoms with Gasteiger partial charge in [0.15, 0.2) is 0 Å². The molecule has 0 aromatic heterocycles. The number of nitrogens with two attached hydrogens (primary N) is 1. The maximum Gasteiger partial charge on any atom is 0.255 e. The molecular weight excluding hydrogens is 300 g/mol. The molecule has 3 rings (SSSR count). The van der Waals surface area contributed by atoms with Gasteiger partial charge in [0.05, 0.1) is 0 Å². The summed E-state index contributed by atoms with van der Waals surface area (Å²) in [6, 6.07) is 23.4. The third kappa shape index (κ3) is 3.17. The Morgan fingerprint density at radius 1 is 0.750 bits per heavy atom. The average Bonchev–Trinajstić information content (AvgIpc) is 2.63. The number of nitrogens with one attached hydrogen (secondary N) is 1. The Kier molecular flexibility index (Phi) is 4.38. The molecule has 0 aliphatic carbocycles. The Bertz CT molecular complexity index is 875. The molecule has 0 saturated heterocycles. The second kappa shape index (κ2) is 6.79. The first-order valence-electron chi connectivity index (χ1n) is 7.51. The fraction of sp³-hybridized carbons (Fsp3) is 0. The molecule has 3 aromatic carbocycles. The maximum absolute atomic E-state index is 12.5. The molecule has 3 N–H and O–H groups in total. The van der Waals surface area contributed by atoms with E-state index in [-0.39, 0.29) is 5.91 Å². The van der Waals surface area contributed by atoms with E-state index in [2.05, 4.69) is 5.32 Å². The zero-order chi connectivity index (χ0) is 16.9. The lowest BCUT2D eigenvalue weighted by Gasteiger charge is -2.14. The van der Waals surface area contributed by atoms with Crippen molar-refractivity contribution < 1.29 is 9.59 Å². The fourth-order valence-corrected chi connectivity index (χ4v) is 2.56. The van der Waals surface area contributed by atoms with Gasteiger partial charge in [0.2, 0.25) is 5.91 Å². The summed E-state index contributed by atoms with van der Waals surface area (Å²) < 4.78 is 0. The normalized spacial score (nSPS) is 10.2. The highest BCUT2D eigenvalue weighted by molar-refractivity contribution is 6.09. The molecule has 0 fully saturated rings.